The minimum Gasteiger partial charge on any atom is -0.445 e. The van der Waals surface area contributed by atoms with Crippen molar-refractivity contribution in [1.29, 1.82) is 0 Å². The number of carbonyl (C=O) groups excluding carboxylic acids is 1. The van der Waals surface area contributed by atoms with Crippen molar-refractivity contribution in [2.45, 2.75) is 18.6 Å². The highest BCUT2D eigenvalue weighted by molar-refractivity contribution is 7.55. The Kier molecular flexibility index (Phi) is 8.75. The minimum absolute atomic E-state index is 0.0341. The molecule has 2 atom stereocenters. The van der Waals surface area contributed by atoms with Gasteiger partial charge in [0.25, 0.3) is 5.53 Å². The monoisotopic (exact) mass is 397 g/mol. The van der Waals surface area contributed by atoms with Crippen LogP contribution in [0.25, 0.3) is 0 Å². The lowest BCUT2D eigenvalue weighted by Crippen LogP contribution is -2.37. The number of alkyl carbamates (subject to hydrolysis) is 1. The summed E-state index contributed by atoms with van der Waals surface area (Å²) in [6.07, 6.45) is -1.34. The first-order chi connectivity index (χ1) is 11.8. The van der Waals surface area contributed by atoms with Crippen molar-refractivity contribution >= 4 is 21.9 Å². The number of hydrogen-bond acceptors (Lipinski definition) is 8. The summed E-state index contributed by atoms with van der Waals surface area (Å²) in [6, 6.07) is 8.94. The molecule has 2 unspecified atom stereocenters. The molecular formula is C13H21NO9P2. The predicted octanol–water partition coefficient (Wildman–Crippen LogP) is 1.83. The highest BCUT2D eigenvalue weighted by Crippen LogP contribution is 2.61. The van der Waals surface area contributed by atoms with Gasteiger partial charge in [0.1, 0.15) is 6.61 Å². The number of carbonyl (C=O) groups is 1. The number of hydrogen-bond donors (Lipinski definition) is 3. The lowest BCUT2D eigenvalue weighted by Gasteiger charge is -2.31. The van der Waals surface area contributed by atoms with Crippen LogP contribution in [0.1, 0.15) is 12.0 Å². The smallest absolute Gasteiger partial charge is 0.407 e. The first-order valence-corrected chi connectivity index (χ1v) is 9.87. The molecule has 0 aromatic heterocycles. The van der Waals surface area contributed by atoms with E-state index in [1.54, 1.807) is 24.3 Å². The third kappa shape index (κ3) is 6.52. The van der Waals surface area contributed by atoms with Crippen LogP contribution in [-0.4, -0.2) is 42.4 Å². The van der Waals surface area contributed by atoms with Gasteiger partial charge in [0, 0.05) is 27.2 Å². The van der Waals surface area contributed by atoms with Crippen molar-refractivity contribution in [3.05, 3.63) is 35.9 Å². The zero-order chi connectivity index (χ0) is 18.9. The van der Waals surface area contributed by atoms with Gasteiger partial charge in [0.2, 0.25) is 0 Å². The molecule has 1 aromatic rings. The summed E-state index contributed by atoms with van der Waals surface area (Å²) in [6.45, 7) is -0.248. The average Bonchev–Trinajstić information content (AvgIpc) is 2.59. The van der Waals surface area contributed by atoms with Crippen LogP contribution in [0.3, 0.4) is 0 Å². The van der Waals surface area contributed by atoms with Gasteiger partial charge >= 0.3 is 21.9 Å². The van der Waals surface area contributed by atoms with Crippen molar-refractivity contribution in [2.75, 3.05) is 20.8 Å². The van der Waals surface area contributed by atoms with Gasteiger partial charge in [-0.2, -0.15) is 0 Å². The summed E-state index contributed by atoms with van der Waals surface area (Å²) >= 11 is 0. The summed E-state index contributed by atoms with van der Waals surface area (Å²) in [7, 11) is -5.98. The standard InChI is InChI=1S/C13H21NO9P2/c1-20-25(19,21-2)13(16,23-24(17)18)8-9-14-12(15)22-10-11-6-4-3-5-7-11/h3-7,16,24H,8-10H2,1-2H3,(H,14,15)(H,17,18). The van der Waals surface area contributed by atoms with E-state index in [1.165, 1.54) is 0 Å². The highest BCUT2D eigenvalue weighted by atomic mass is 31.2. The quantitative estimate of drug-likeness (QED) is 0.398. The van der Waals surface area contributed by atoms with Crippen LogP contribution >= 0.6 is 15.9 Å². The zero-order valence-electron chi connectivity index (χ0n) is 13.7. The normalized spacial score (nSPS) is 15.2. The topological polar surface area (TPSA) is 141 Å². The Morgan fingerprint density at radius 3 is 2.40 bits per heavy atom. The largest absolute Gasteiger partial charge is 0.445 e. The van der Waals surface area contributed by atoms with E-state index in [-0.39, 0.29) is 13.2 Å². The first-order valence-electron chi connectivity index (χ1n) is 7.07. The molecule has 0 aliphatic carbocycles. The van der Waals surface area contributed by atoms with Crippen LogP contribution in [-0.2, 0) is 34.0 Å². The molecule has 3 N–H and O–H groups in total. The molecular weight excluding hydrogens is 376 g/mol. The highest BCUT2D eigenvalue weighted by Gasteiger charge is 2.51. The second kappa shape index (κ2) is 10.0. The number of aliphatic hydroxyl groups is 1. The lowest BCUT2D eigenvalue weighted by molar-refractivity contribution is -0.0900. The summed E-state index contributed by atoms with van der Waals surface area (Å²) in [4.78, 5) is 20.5. The number of benzene rings is 1. The summed E-state index contributed by atoms with van der Waals surface area (Å²) in [5, 5.41) is 12.6. The molecule has 1 amide bonds. The molecule has 12 heteroatoms. The van der Waals surface area contributed by atoms with Crippen molar-refractivity contribution in [2.24, 2.45) is 0 Å². The molecule has 1 aromatic carbocycles. The van der Waals surface area contributed by atoms with Gasteiger partial charge in [-0.1, -0.05) is 30.3 Å². The van der Waals surface area contributed by atoms with E-state index in [0.717, 1.165) is 19.8 Å². The van der Waals surface area contributed by atoms with E-state index < -0.39 is 33.9 Å². The molecule has 0 bridgehead atoms. The molecule has 0 radical (unpaired) electrons. The maximum absolute atomic E-state index is 12.3. The summed E-state index contributed by atoms with van der Waals surface area (Å²) in [5.74, 6) is 0. The Balaban J connectivity index is 2.57. The third-order valence-corrected chi connectivity index (χ3v) is 5.91. The molecule has 25 heavy (non-hydrogen) atoms. The number of rotatable bonds is 10. The van der Waals surface area contributed by atoms with E-state index in [9.17, 15) is 19.0 Å². The minimum atomic E-state index is -4.27. The van der Waals surface area contributed by atoms with E-state index in [0.29, 0.717) is 0 Å². The maximum Gasteiger partial charge on any atom is 0.407 e. The fraction of sp³-hybridized carbons (Fsp3) is 0.462. The van der Waals surface area contributed by atoms with Crippen molar-refractivity contribution in [1.82, 2.24) is 5.32 Å². The second-order valence-corrected chi connectivity index (χ2v) is 7.87. The van der Waals surface area contributed by atoms with Gasteiger partial charge in [-0.05, 0) is 5.56 Å². The molecule has 142 valence electrons. The Hall–Kier alpha value is -1.25. The SMILES string of the molecule is COP(=O)(OC)C(O)(CCNC(=O)OCc1ccccc1)O[PH](=O)O. The Labute approximate surface area is 145 Å². The lowest BCUT2D eigenvalue weighted by atomic mass is 10.2. The molecule has 1 rings (SSSR count). The molecule has 0 heterocycles. The Bertz CT molecular complexity index is 619. The van der Waals surface area contributed by atoms with E-state index >= 15 is 0 Å². The van der Waals surface area contributed by atoms with Gasteiger partial charge in [0.15, 0.2) is 0 Å². The zero-order valence-corrected chi connectivity index (χ0v) is 15.6. The Morgan fingerprint density at radius 2 is 1.88 bits per heavy atom. The van der Waals surface area contributed by atoms with Gasteiger partial charge in [0.05, 0.1) is 0 Å². The van der Waals surface area contributed by atoms with Crippen LogP contribution in [0.5, 0.6) is 0 Å². The molecule has 0 aliphatic heterocycles. The third-order valence-electron chi connectivity index (χ3n) is 3.09. The van der Waals surface area contributed by atoms with Crippen molar-refractivity contribution < 1.29 is 42.2 Å². The van der Waals surface area contributed by atoms with E-state index in [2.05, 4.69) is 18.9 Å². The van der Waals surface area contributed by atoms with Gasteiger partial charge in [-0.3, -0.25) is 13.7 Å². The molecule has 0 aliphatic rings. The number of ether oxygens (including phenoxy) is 1. The summed E-state index contributed by atoms with van der Waals surface area (Å²) in [5.41, 5.74) is -1.92. The second-order valence-electron chi connectivity index (χ2n) is 4.71. The predicted molar refractivity (Wildman–Crippen MR) is 88.1 cm³/mol. The fourth-order valence-corrected chi connectivity index (χ4v) is 4.01. The van der Waals surface area contributed by atoms with Crippen molar-refractivity contribution in [3.8, 4) is 0 Å². The molecule has 0 fully saturated rings. The molecule has 10 nitrogen and oxygen atoms in total. The van der Waals surface area contributed by atoms with Crippen LogP contribution in [0.2, 0.25) is 0 Å². The van der Waals surface area contributed by atoms with Crippen molar-refractivity contribution in [3.63, 3.8) is 0 Å². The van der Waals surface area contributed by atoms with Gasteiger partial charge in [-0.15, -0.1) is 0 Å². The van der Waals surface area contributed by atoms with E-state index in [4.69, 9.17) is 9.63 Å². The Morgan fingerprint density at radius 1 is 1.28 bits per heavy atom. The fourth-order valence-electron chi connectivity index (χ4n) is 1.85. The van der Waals surface area contributed by atoms with Crippen LogP contribution < -0.4 is 5.32 Å². The van der Waals surface area contributed by atoms with E-state index in [1.807, 2.05) is 6.07 Å². The summed E-state index contributed by atoms with van der Waals surface area (Å²) < 4.78 is 41.8. The average molecular weight is 397 g/mol. The number of nitrogens with one attached hydrogen (secondary N) is 1. The van der Waals surface area contributed by atoms with Gasteiger partial charge < -0.3 is 29.1 Å². The van der Waals surface area contributed by atoms with Crippen LogP contribution in [0, 0.1) is 0 Å². The maximum atomic E-state index is 12.3. The molecule has 0 saturated heterocycles. The molecule has 0 saturated carbocycles. The van der Waals surface area contributed by atoms with Crippen LogP contribution in [0.4, 0.5) is 4.79 Å². The first kappa shape index (κ1) is 21.8. The number of amides is 1. The van der Waals surface area contributed by atoms with Gasteiger partial charge in [-0.25, -0.2) is 4.79 Å². The van der Waals surface area contributed by atoms with Crippen LogP contribution in [0.15, 0.2) is 30.3 Å². The molecule has 0 spiro atoms.